The first-order valence-electron chi connectivity index (χ1n) is 5.31. The summed E-state index contributed by atoms with van der Waals surface area (Å²) < 4.78 is 32.0. The summed E-state index contributed by atoms with van der Waals surface area (Å²) >= 11 is 7.59. The van der Waals surface area contributed by atoms with Crippen LogP contribution in [0.25, 0.3) is 0 Å². The van der Waals surface area contributed by atoms with E-state index in [4.69, 9.17) is 16.3 Å². The van der Waals surface area contributed by atoms with Crippen LogP contribution in [0.3, 0.4) is 0 Å². The molecule has 5 heteroatoms. The molecule has 1 aromatic carbocycles. The van der Waals surface area contributed by atoms with Gasteiger partial charge in [0.05, 0.1) is 12.5 Å². The van der Waals surface area contributed by atoms with Crippen LogP contribution in [-0.2, 0) is 6.42 Å². The van der Waals surface area contributed by atoms with Crippen LogP contribution in [0.1, 0.15) is 15.8 Å². The molecule has 0 radical (unpaired) electrons. The first-order chi connectivity index (χ1) is 8.61. The van der Waals surface area contributed by atoms with E-state index < -0.39 is 17.0 Å². The minimum absolute atomic E-state index is 0.0184. The lowest BCUT2D eigenvalue weighted by Crippen LogP contribution is -2.00. The zero-order valence-corrected chi connectivity index (χ0v) is 11.2. The Morgan fingerprint density at radius 3 is 2.56 bits per heavy atom. The molecule has 0 aliphatic heterocycles. The molecule has 0 amide bonds. The lowest BCUT2D eigenvalue weighted by molar-refractivity contribution is 0.416. The first-order valence-corrected chi connectivity index (χ1v) is 6.62. The molecule has 0 N–H and O–H groups in total. The van der Waals surface area contributed by atoms with E-state index in [0.29, 0.717) is 5.75 Å². The molecule has 0 aliphatic carbocycles. The highest BCUT2D eigenvalue weighted by Gasteiger charge is 2.17. The predicted octanol–water partition coefficient (Wildman–Crippen LogP) is 4.56. The summed E-state index contributed by atoms with van der Waals surface area (Å²) in [6, 6.07) is 5.58. The Morgan fingerprint density at radius 1 is 1.33 bits per heavy atom. The van der Waals surface area contributed by atoms with E-state index in [1.54, 1.807) is 13.2 Å². The third kappa shape index (κ3) is 2.82. The number of alkyl halides is 1. The molecule has 1 nitrogen and oxygen atoms in total. The van der Waals surface area contributed by atoms with Gasteiger partial charge in [-0.15, -0.1) is 22.9 Å². The molecule has 1 unspecified atom stereocenters. The standard InChI is InChI=1S/C13H11ClF2OS/c1-17-8-5-13(18-7-8)10(14)6-9-11(15)3-2-4-12(9)16/h2-5,7,10H,6H2,1H3. The molecular weight excluding hydrogens is 278 g/mol. The van der Waals surface area contributed by atoms with Crippen molar-refractivity contribution in [1.29, 1.82) is 0 Å². The number of hydrogen-bond acceptors (Lipinski definition) is 2. The highest BCUT2D eigenvalue weighted by Crippen LogP contribution is 2.34. The van der Waals surface area contributed by atoms with Gasteiger partial charge in [-0.25, -0.2) is 8.78 Å². The average Bonchev–Trinajstić information content (AvgIpc) is 2.82. The molecular formula is C13H11ClF2OS. The van der Waals surface area contributed by atoms with Gasteiger partial charge in [0.2, 0.25) is 0 Å². The van der Waals surface area contributed by atoms with Crippen molar-refractivity contribution in [1.82, 2.24) is 0 Å². The number of thiophene rings is 1. The highest BCUT2D eigenvalue weighted by molar-refractivity contribution is 7.10. The maximum absolute atomic E-state index is 13.5. The van der Waals surface area contributed by atoms with E-state index in [-0.39, 0.29) is 12.0 Å². The zero-order chi connectivity index (χ0) is 13.1. The van der Waals surface area contributed by atoms with Crippen LogP contribution in [0.15, 0.2) is 29.6 Å². The van der Waals surface area contributed by atoms with Crippen molar-refractivity contribution in [2.75, 3.05) is 7.11 Å². The maximum atomic E-state index is 13.5. The molecule has 18 heavy (non-hydrogen) atoms. The molecule has 0 saturated carbocycles. The largest absolute Gasteiger partial charge is 0.496 e. The van der Waals surface area contributed by atoms with Gasteiger partial charge in [0.25, 0.3) is 0 Å². The Morgan fingerprint density at radius 2 is 2.00 bits per heavy atom. The van der Waals surface area contributed by atoms with E-state index in [0.717, 1.165) is 4.88 Å². The fraction of sp³-hybridized carbons (Fsp3) is 0.231. The fourth-order valence-electron chi connectivity index (χ4n) is 1.61. The van der Waals surface area contributed by atoms with Crippen LogP contribution >= 0.6 is 22.9 Å². The summed E-state index contributed by atoms with van der Waals surface area (Å²) in [4.78, 5) is 0.830. The second-order valence-corrected chi connectivity index (χ2v) is 5.23. The van der Waals surface area contributed by atoms with Crippen molar-refractivity contribution in [2.24, 2.45) is 0 Å². The number of ether oxygens (including phenoxy) is 1. The van der Waals surface area contributed by atoms with Crippen molar-refractivity contribution in [3.8, 4) is 5.75 Å². The van der Waals surface area contributed by atoms with E-state index in [2.05, 4.69) is 0 Å². The van der Waals surface area contributed by atoms with Gasteiger partial charge in [-0.3, -0.25) is 0 Å². The molecule has 1 heterocycles. The summed E-state index contributed by atoms with van der Waals surface area (Å²) in [5, 5.41) is 1.34. The van der Waals surface area contributed by atoms with Crippen molar-refractivity contribution < 1.29 is 13.5 Å². The molecule has 0 aliphatic rings. The van der Waals surface area contributed by atoms with E-state index >= 15 is 0 Å². The molecule has 1 atom stereocenters. The average molecular weight is 289 g/mol. The van der Waals surface area contributed by atoms with Crippen molar-refractivity contribution in [3.05, 3.63) is 51.7 Å². The van der Waals surface area contributed by atoms with Crippen molar-refractivity contribution in [2.45, 2.75) is 11.8 Å². The second kappa shape index (κ2) is 5.67. The summed E-state index contributed by atoms with van der Waals surface area (Å²) in [5.74, 6) is -0.428. The van der Waals surface area contributed by atoms with E-state index in [9.17, 15) is 8.78 Å². The summed E-state index contributed by atoms with van der Waals surface area (Å²) in [5.41, 5.74) is 0.0184. The van der Waals surface area contributed by atoms with Gasteiger partial charge in [-0.2, -0.15) is 0 Å². The van der Waals surface area contributed by atoms with Gasteiger partial charge in [-0.1, -0.05) is 6.07 Å². The molecule has 0 spiro atoms. The number of halogens is 3. The predicted molar refractivity (Wildman–Crippen MR) is 69.5 cm³/mol. The van der Waals surface area contributed by atoms with Crippen LogP contribution in [0.2, 0.25) is 0 Å². The Hall–Kier alpha value is -1.13. The molecule has 1 aromatic heterocycles. The normalized spacial score (nSPS) is 12.4. The number of benzene rings is 1. The number of rotatable bonds is 4. The van der Waals surface area contributed by atoms with Gasteiger partial charge in [0.15, 0.2) is 0 Å². The molecule has 96 valence electrons. The molecule has 2 rings (SSSR count). The Labute approximate surface area is 113 Å². The minimum Gasteiger partial charge on any atom is -0.496 e. The highest BCUT2D eigenvalue weighted by atomic mass is 35.5. The van der Waals surface area contributed by atoms with Crippen LogP contribution in [0.4, 0.5) is 8.78 Å². The van der Waals surface area contributed by atoms with Gasteiger partial charge in [-0.05, 0) is 24.6 Å². The number of hydrogen-bond donors (Lipinski definition) is 0. The summed E-state index contributed by atoms with van der Waals surface area (Å²) in [7, 11) is 1.56. The third-order valence-electron chi connectivity index (χ3n) is 2.59. The zero-order valence-electron chi connectivity index (χ0n) is 9.62. The maximum Gasteiger partial charge on any atom is 0.129 e. The minimum atomic E-state index is -0.566. The van der Waals surface area contributed by atoms with Crippen LogP contribution < -0.4 is 4.74 Å². The Balaban J connectivity index is 2.18. The van der Waals surface area contributed by atoms with Crippen LogP contribution in [-0.4, -0.2) is 7.11 Å². The van der Waals surface area contributed by atoms with Crippen LogP contribution in [0, 0.1) is 11.6 Å². The summed E-state index contributed by atoms with van der Waals surface area (Å²) in [6.07, 6.45) is 0.115. The fourth-order valence-corrected chi connectivity index (χ4v) is 2.82. The lowest BCUT2D eigenvalue weighted by atomic mass is 10.1. The van der Waals surface area contributed by atoms with Gasteiger partial charge < -0.3 is 4.74 Å². The smallest absolute Gasteiger partial charge is 0.129 e. The topological polar surface area (TPSA) is 9.23 Å². The summed E-state index contributed by atoms with van der Waals surface area (Å²) in [6.45, 7) is 0. The molecule has 0 saturated heterocycles. The number of methoxy groups -OCH3 is 1. The molecule has 0 bridgehead atoms. The lowest BCUT2D eigenvalue weighted by Gasteiger charge is -2.09. The monoisotopic (exact) mass is 288 g/mol. The van der Waals surface area contributed by atoms with E-state index in [1.165, 1.54) is 29.5 Å². The molecule has 0 fully saturated rings. The van der Waals surface area contributed by atoms with Gasteiger partial charge >= 0.3 is 0 Å². The van der Waals surface area contributed by atoms with Crippen molar-refractivity contribution in [3.63, 3.8) is 0 Å². The van der Waals surface area contributed by atoms with Gasteiger partial charge in [0, 0.05) is 15.8 Å². The first kappa shape index (κ1) is 13.3. The van der Waals surface area contributed by atoms with Crippen LogP contribution in [0.5, 0.6) is 5.75 Å². The second-order valence-electron chi connectivity index (χ2n) is 3.76. The van der Waals surface area contributed by atoms with Gasteiger partial charge in [0.1, 0.15) is 17.4 Å². The quantitative estimate of drug-likeness (QED) is 0.750. The SMILES string of the molecule is COc1csc(C(Cl)Cc2c(F)cccc2F)c1. The Kier molecular flexibility index (Phi) is 4.19. The third-order valence-corrected chi connectivity index (χ3v) is 4.13. The Bertz CT molecular complexity index is 521. The van der Waals surface area contributed by atoms with E-state index in [1.807, 2.05) is 5.38 Å². The van der Waals surface area contributed by atoms with Crippen molar-refractivity contribution >= 4 is 22.9 Å². The molecule has 2 aromatic rings.